The summed E-state index contributed by atoms with van der Waals surface area (Å²) in [5, 5.41) is 0. The highest BCUT2D eigenvalue weighted by atomic mass is 32.2. The van der Waals surface area contributed by atoms with Crippen molar-refractivity contribution < 1.29 is 71.4 Å². The van der Waals surface area contributed by atoms with Gasteiger partial charge in [-0.15, -0.1) is 13.2 Å². The van der Waals surface area contributed by atoms with Crippen LogP contribution in [0.5, 0.6) is 5.75 Å². The van der Waals surface area contributed by atoms with Gasteiger partial charge in [-0.25, -0.2) is 17.6 Å². The molecule has 0 N–H and O–H groups in total. The van der Waals surface area contributed by atoms with Crippen LogP contribution in [0.15, 0.2) is 77.7 Å². The van der Waals surface area contributed by atoms with E-state index in [0.29, 0.717) is 30.3 Å². The lowest BCUT2D eigenvalue weighted by atomic mass is 9.88. The van der Waals surface area contributed by atoms with E-state index in [0.717, 1.165) is 47.4 Å². The Morgan fingerprint density at radius 3 is 1.83 bits per heavy atom. The van der Waals surface area contributed by atoms with Crippen LogP contribution < -0.4 is 4.74 Å². The number of piperazine rings is 1. The molecule has 2 fully saturated rings. The first-order valence-electron chi connectivity index (χ1n) is 16.0. The van der Waals surface area contributed by atoms with Gasteiger partial charge in [-0.3, -0.25) is 4.79 Å². The number of hydrogen-bond acceptors (Lipinski definition) is 6. The number of ether oxygens (including phenoxy) is 2. The molecule has 1 atom stereocenters. The van der Waals surface area contributed by atoms with Crippen molar-refractivity contribution in [1.29, 1.82) is 0 Å². The zero-order chi connectivity index (χ0) is 39.9. The second-order valence-electron chi connectivity index (χ2n) is 12.6. The molecule has 2 heterocycles. The number of hydrogen-bond donors (Lipinski definition) is 0. The van der Waals surface area contributed by atoms with Gasteiger partial charge in [0.25, 0.3) is 5.60 Å². The minimum absolute atomic E-state index is 0.102. The van der Waals surface area contributed by atoms with Crippen molar-refractivity contribution in [2.24, 2.45) is 0 Å². The lowest BCUT2D eigenvalue weighted by Gasteiger charge is -2.38. The fraction of sp³-hybridized carbons (Fsp3) is 0.412. The third kappa shape index (κ3) is 7.67. The van der Waals surface area contributed by atoms with E-state index in [1.54, 1.807) is 0 Å². The maximum Gasteiger partial charge on any atom is 0.573 e. The lowest BCUT2D eigenvalue weighted by molar-refractivity contribution is -0.392. The minimum Gasteiger partial charge on any atom is -0.405 e. The van der Waals surface area contributed by atoms with E-state index in [9.17, 15) is 61.9 Å². The lowest BCUT2D eigenvalue weighted by Crippen LogP contribution is -2.56. The van der Waals surface area contributed by atoms with Crippen LogP contribution in [0.3, 0.4) is 0 Å². The SMILES string of the molecule is CC(=O)N1CCN(C(=O)N2CCC(c3ccc(C(OCc4ccccc4OC(F)(F)F)(C(F)(F)F)C(F)(F)F)cc3)(S(=O)(=O)c3ccc(F)cc3)C2)CC1. The Bertz CT molecular complexity index is 1930. The molecule has 20 heteroatoms. The summed E-state index contributed by atoms with van der Waals surface area (Å²) in [5.74, 6) is -2.13. The van der Waals surface area contributed by atoms with E-state index in [4.69, 9.17) is 0 Å². The molecule has 3 aromatic rings. The van der Waals surface area contributed by atoms with Crippen molar-refractivity contribution in [2.75, 3.05) is 39.3 Å². The molecule has 0 bridgehead atoms. The molecule has 0 spiro atoms. The first-order valence-corrected chi connectivity index (χ1v) is 17.5. The van der Waals surface area contributed by atoms with Gasteiger partial charge in [-0.1, -0.05) is 42.5 Å². The molecule has 5 rings (SSSR count). The van der Waals surface area contributed by atoms with E-state index in [-0.39, 0.29) is 50.6 Å². The van der Waals surface area contributed by atoms with Crippen molar-refractivity contribution in [3.8, 4) is 5.75 Å². The topological polar surface area (TPSA) is 96.5 Å². The maximum atomic E-state index is 14.7. The molecule has 1 unspecified atom stereocenters. The monoisotopic (exact) mass is 799 g/mol. The number of carbonyl (C=O) groups excluding carboxylic acids is 2. The molecule has 2 aliphatic rings. The Balaban J connectivity index is 1.55. The number of nitrogens with zero attached hydrogens (tertiary/aromatic N) is 3. The van der Waals surface area contributed by atoms with E-state index in [2.05, 4.69) is 9.47 Å². The molecule has 0 saturated carbocycles. The van der Waals surface area contributed by atoms with Gasteiger partial charge in [-0.2, -0.15) is 26.3 Å². The Morgan fingerprint density at radius 1 is 0.741 bits per heavy atom. The smallest absolute Gasteiger partial charge is 0.405 e. The fourth-order valence-electron chi connectivity index (χ4n) is 6.58. The number of rotatable bonds is 8. The van der Waals surface area contributed by atoms with Gasteiger partial charge in [0.1, 0.15) is 16.3 Å². The second kappa shape index (κ2) is 14.6. The normalized spacial score (nSPS) is 18.9. The predicted octanol–water partition coefficient (Wildman–Crippen LogP) is 6.92. The summed E-state index contributed by atoms with van der Waals surface area (Å²) in [6.45, 7) is -0.537. The molecule has 294 valence electrons. The summed E-state index contributed by atoms with van der Waals surface area (Å²) in [5.41, 5.74) is -7.82. The van der Waals surface area contributed by atoms with Crippen LogP contribution in [-0.4, -0.2) is 93.0 Å². The molecule has 2 aliphatic heterocycles. The number of urea groups is 1. The van der Waals surface area contributed by atoms with E-state index in [1.807, 2.05) is 0 Å². The zero-order valence-electron chi connectivity index (χ0n) is 28.1. The van der Waals surface area contributed by atoms with Gasteiger partial charge in [0.05, 0.1) is 11.5 Å². The number of carbonyl (C=O) groups is 2. The van der Waals surface area contributed by atoms with E-state index >= 15 is 0 Å². The molecule has 0 aliphatic carbocycles. The van der Waals surface area contributed by atoms with Gasteiger partial charge in [0, 0.05) is 57.3 Å². The first-order chi connectivity index (χ1) is 25.0. The maximum absolute atomic E-state index is 14.7. The average molecular weight is 800 g/mol. The predicted molar refractivity (Wildman–Crippen MR) is 169 cm³/mol. The first kappa shape index (κ1) is 40.6. The van der Waals surface area contributed by atoms with Crippen molar-refractivity contribution in [3.05, 3.63) is 95.3 Å². The van der Waals surface area contributed by atoms with Crippen molar-refractivity contribution in [2.45, 2.75) is 53.9 Å². The fourth-order valence-corrected chi connectivity index (χ4v) is 8.66. The Morgan fingerprint density at radius 2 is 1.30 bits per heavy atom. The molecular weight excluding hydrogens is 768 g/mol. The average Bonchev–Trinajstić information content (AvgIpc) is 3.55. The Hall–Kier alpha value is -4.59. The molecule has 3 aromatic carbocycles. The Labute approximate surface area is 301 Å². The quantitative estimate of drug-likeness (QED) is 0.182. The second-order valence-corrected chi connectivity index (χ2v) is 14.9. The van der Waals surface area contributed by atoms with Crippen molar-refractivity contribution in [1.82, 2.24) is 14.7 Å². The summed E-state index contributed by atoms with van der Waals surface area (Å²) < 4.78 is 175. The highest BCUT2D eigenvalue weighted by Gasteiger charge is 2.73. The van der Waals surface area contributed by atoms with Crippen LogP contribution in [0.2, 0.25) is 0 Å². The van der Waals surface area contributed by atoms with E-state index in [1.165, 1.54) is 16.7 Å². The summed E-state index contributed by atoms with van der Waals surface area (Å²) in [4.78, 5) is 28.9. The van der Waals surface area contributed by atoms with Gasteiger partial charge >= 0.3 is 24.7 Å². The third-order valence-electron chi connectivity index (χ3n) is 9.39. The summed E-state index contributed by atoms with van der Waals surface area (Å²) in [7, 11) is -4.67. The molecule has 2 saturated heterocycles. The van der Waals surface area contributed by atoms with Crippen LogP contribution in [0.4, 0.5) is 48.7 Å². The number of alkyl halides is 9. The molecule has 54 heavy (non-hydrogen) atoms. The van der Waals surface area contributed by atoms with Crippen molar-refractivity contribution in [3.63, 3.8) is 0 Å². The number of halogens is 10. The summed E-state index contributed by atoms with van der Waals surface area (Å²) >= 11 is 0. The van der Waals surface area contributed by atoms with Gasteiger partial charge in [0.15, 0.2) is 9.84 Å². The molecule has 0 aromatic heterocycles. The molecule has 9 nitrogen and oxygen atoms in total. The number of benzene rings is 3. The van der Waals surface area contributed by atoms with Crippen LogP contribution in [0, 0.1) is 5.82 Å². The van der Waals surface area contributed by atoms with Crippen LogP contribution in [0.25, 0.3) is 0 Å². The summed E-state index contributed by atoms with van der Waals surface area (Å²) in [6, 6.07) is 8.55. The van der Waals surface area contributed by atoms with Gasteiger partial charge in [0.2, 0.25) is 5.91 Å². The van der Waals surface area contributed by atoms with Gasteiger partial charge in [-0.05, 0) is 42.3 Å². The molecule has 3 amide bonds. The highest BCUT2D eigenvalue weighted by Crippen LogP contribution is 2.54. The highest BCUT2D eigenvalue weighted by molar-refractivity contribution is 7.92. The van der Waals surface area contributed by atoms with Gasteiger partial charge < -0.3 is 24.2 Å². The minimum atomic E-state index is -6.27. The number of para-hydroxylation sites is 1. The number of likely N-dealkylation sites (tertiary alicyclic amines) is 1. The van der Waals surface area contributed by atoms with Crippen molar-refractivity contribution >= 4 is 21.8 Å². The Kier molecular flexibility index (Phi) is 11.0. The molecular formula is C34H31F10N3O6S. The number of amides is 3. The van der Waals surface area contributed by atoms with Crippen LogP contribution in [-0.2, 0) is 36.3 Å². The summed E-state index contributed by atoms with van der Waals surface area (Å²) in [6.07, 6.45) is -18.3. The molecule has 0 radical (unpaired) electrons. The standard InChI is InChI=1S/C34H31F10N3O6S/c1-22(48)45-16-18-46(19-17-45)29(49)47-15-14-30(21-47,54(50,51)27-12-10-26(35)11-13-27)24-6-8-25(9-7-24)31(32(36,37)38,33(39,40)41)52-20-23-4-2-3-5-28(23)53-34(42,43)44/h2-13H,14-21H2,1H3. The third-order valence-corrected chi connectivity index (χ3v) is 11.9. The van der Waals surface area contributed by atoms with E-state index < -0.39 is 85.7 Å². The van der Waals surface area contributed by atoms with Crippen LogP contribution in [0.1, 0.15) is 30.0 Å². The number of sulfone groups is 1. The van der Waals surface area contributed by atoms with Crippen LogP contribution >= 0.6 is 0 Å². The largest absolute Gasteiger partial charge is 0.573 e. The zero-order valence-corrected chi connectivity index (χ0v) is 28.9.